The van der Waals surface area contributed by atoms with Crippen molar-refractivity contribution in [1.82, 2.24) is 24.9 Å². The molecule has 6 nitrogen and oxygen atoms in total. The molecule has 4 aliphatic rings. The standard InChI is InChI=1S/2C9H11N.2C8H10N2.4C2H6/c2*1-2-4-9-7-10-6-5-8(9)3-1;1-2-7-6-9-5-3-8(7)10-4-1;1-2-4-8-7(3-1)5-9-6-10-8;4*1-2/h2*5-7H,1-4H2;3,5-6,10H,1-2,4H2;5-6H,1-4H2;4*1-2H3. The van der Waals surface area contributed by atoms with Crippen LogP contribution in [0.1, 0.15) is 139 Å². The smallest absolute Gasteiger partial charge is 0.115 e. The highest BCUT2D eigenvalue weighted by Crippen LogP contribution is 2.21. The van der Waals surface area contributed by atoms with Crippen LogP contribution in [0.15, 0.2) is 67.9 Å². The SMILES string of the molecule is CC.CC.CC.CC.c1cc2c(cn1)CCCC2.c1cc2c(cn1)CCCC2.c1cc2c(cn1)CCCN2.c1ncc2c(n1)CCCC2. The summed E-state index contributed by atoms with van der Waals surface area (Å²) in [7, 11) is 0. The first kappa shape index (κ1) is 42.4. The van der Waals surface area contributed by atoms with Crippen LogP contribution in [0.2, 0.25) is 0 Å². The number of nitrogens with one attached hydrogen (secondary N) is 1. The van der Waals surface area contributed by atoms with Gasteiger partial charge in [0.05, 0.1) is 0 Å². The molecule has 0 saturated carbocycles. The Hall–Kier alpha value is -3.67. The first-order valence-electron chi connectivity index (χ1n) is 19.1. The van der Waals surface area contributed by atoms with Crippen LogP contribution in [0.5, 0.6) is 0 Å². The molecular weight excluding hydrogens is 589 g/mol. The van der Waals surface area contributed by atoms with Gasteiger partial charge in [0.1, 0.15) is 6.33 Å². The molecule has 0 bridgehead atoms. The van der Waals surface area contributed by atoms with E-state index in [1.807, 2.05) is 105 Å². The highest BCUT2D eigenvalue weighted by molar-refractivity contribution is 5.50. The summed E-state index contributed by atoms with van der Waals surface area (Å²) in [4.78, 5) is 20.4. The zero-order chi connectivity index (χ0) is 35.2. The number of aryl methyl sites for hydroxylation is 7. The van der Waals surface area contributed by atoms with Crippen molar-refractivity contribution in [3.63, 3.8) is 0 Å². The van der Waals surface area contributed by atoms with Crippen molar-refractivity contribution >= 4 is 5.69 Å². The van der Waals surface area contributed by atoms with Gasteiger partial charge in [-0.25, -0.2) is 9.97 Å². The summed E-state index contributed by atoms with van der Waals surface area (Å²) in [6, 6.07) is 6.33. The minimum atomic E-state index is 1.11. The zero-order valence-electron chi connectivity index (χ0n) is 31.7. The monoisotopic (exact) mass is 655 g/mol. The third-order valence-electron chi connectivity index (χ3n) is 8.13. The van der Waals surface area contributed by atoms with Crippen LogP contribution in [0.3, 0.4) is 0 Å². The maximum absolute atomic E-state index is 4.21. The normalized spacial score (nSPS) is 14.0. The predicted octanol–water partition coefficient (Wildman–Crippen LogP) is 10.8. The van der Waals surface area contributed by atoms with Crippen molar-refractivity contribution in [2.45, 2.75) is 145 Å². The van der Waals surface area contributed by atoms with Crippen molar-refractivity contribution in [1.29, 1.82) is 0 Å². The molecule has 6 heteroatoms. The molecule has 3 aliphatic carbocycles. The molecule has 4 aromatic heterocycles. The number of rotatable bonds is 0. The van der Waals surface area contributed by atoms with Gasteiger partial charge in [0, 0.05) is 61.3 Å². The number of nitrogens with zero attached hydrogens (tertiary/aromatic N) is 5. The molecule has 8 rings (SSSR count). The average Bonchev–Trinajstić information content (AvgIpc) is 3.22. The van der Waals surface area contributed by atoms with E-state index in [0.717, 1.165) is 13.0 Å². The van der Waals surface area contributed by atoms with Gasteiger partial charge in [-0.15, -0.1) is 0 Å². The van der Waals surface area contributed by atoms with Crippen LogP contribution in [-0.2, 0) is 44.9 Å². The minimum absolute atomic E-state index is 1.11. The van der Waals surface area contributed by atoms with Crippen molar-refractivity contribution in [3.05, 3.63) is 107 Å². The van der Waals surface area contributed by atoms with E-state index < -0.39 is 0 Å². The Morgan fingerprint density at radius 2 is 0.833 bits per heavy atom. The maximum atomic E-state index is 4.21. The van der Waals surface area contributed by atoms with Crippen LogP contribution in [-0.4, -0.2) is 31.5 Å². The molecule has 0 spiro atoms. The number of fused-ring (bicyclic) bond motifs is 4. The van der Waals surface area contributed by atoms with Gasteiger partial charge >= 0.3 is 0 Å². The van der Waals surface area contributed by atoms with Gasteiger partial charge in [-0.2, -0.15) is 0 Å². The lowest BCUT2D eigenvalue weighted by molar-refractivity contribution is 0.662. The summed E-state index contributed by atoms with van der Waals surface area (Å²) in [6.07, 6.45) is 32.9. The summed E-state index contributed by atoms with van der Waals surface area (Å²) in [5.74, 6) is 0. The first-order chi connectivity index (χ1) is 23.9. The van der Waals surface area contributed by atoms with Crippen LogP contribution in [0.25, 0.3) is 0 Å². The molecule has 0 unspecified atom stereocenters. The van der Waals surface area contributed by atoms with Crippen molar-refractivity contribution in [2.24, 2.45) is 0 Å². The van der Waals surface area contributed by atoms with E-state index in [-0.39, 0.29) is 0 Å². The summed E-state index contributed by atoms with van der Waals surface area (Å²) in [5.41, 5.74) is 11.2. The van der Waals surface area contributed by atoms with Crippen LogP contribution >= 0.6 is 0 Å². The zero-order valence-corrected chi connectivity index (χ0v) is 31.7. The van der Waals surface area contributed by atoms with E-state index >= 15 is 0 Å². The summed E-state index contributed by atoms with van der Waals surface area (Å²) in [5, 5.41) is 3.32. The Bertz CT molecular complexity index is 1030. The van der Waals surface area contributed by atoms with Crippen molar-refractivity contribution in [2.75, 3.05) is 11.9 Å². The molecule has 264 valence electrons. The Kier molecular flexibility index (Phi) is 25.0. The van der Waals surface area contributed by atoms with Crippen molar-refractivity contribution in [3.8, 4) is 0 Å². The molecule has 0 atom stereocenters. The van der Waals surface area contributed by atoms with Crippen LogP contribution < -0.4 is 5.32 Å². The topological polar surface area (TPSA) is 76.5 Å². The fourth-order valence-electron chi connectivity index (χ4n) is 5.84. The molecular formula is C42H66N6. The van der Waals surface area contributed by atoms with Gasteiger partial charge in [0.25, 0.3) is 0 Å². The van der Waals surface area contributed by atoms with Crippen LogP contribution in [0.4, 0.5) is 5.69 Å². The summed E-state index contributed by atoms with van der Waals surface area (Å²) < 4.78 is 0. The Morgan fingerprint density at radius 3 is 1.33 bits per heavy atom. The Balaban J connectivity index is 0.000000299. The van der Waals surface area contributed by atoms with E-state index in [2.05, 4.69) is 42.4 Å². The van der Waals surface area contributed by atoms with Gasteiger partial charge in [-0.3, -0.25) is 15.0 Å². The lowest BCUT2D eigenvalue weighted by atomic mass is 9.94. The molecule has 1 aliphatic heterocycles. The van der Waals surface area contributed by atoms with E-state index in [9.17, 15) is 0 Å². The van der Waals surface area contributed by atoms with E-state index in [1.165, 1.54) is 128 Å². The average molecular weight is 655 g/mol. The summed E-state index contributed by atoms with van der Waals surface area (Å²) >= 11 is 0. The van der Waals surface area contributed by atoms with Gasteiger partial charge in [0.15, 0.2) is 0 Å². The maximum Gasteiger partial charge on any atom is 0.115 e. The largest absolute Gasteiger partial charge is 0.385 e. The first-order valence-corrected chi connectivity index (χ1v) is 19.1. The Labute approximate surface area is 294 Å². The molecule has 0 aromatic carbocycles. The number of anilines is 1. The third kappa shape index (κ3) is 15.5. The number of pyridine rings is 3. The number of hydrogen-bond acceptors (Lipinski definition) is 6. The quantitative estimate of drug-likeness (QED) is 0.203. The Morgan fingerprint density at radius 1 is 0.417 bits per heavy atom. The number of hydrogen-bond donors (Lipinski definition) is 1. The molecule has 48 heavy (non-hydrogen) atoms. The number of aromatic nitrogens is 5. The van der Waals surface area contributed by atoms with Crippen LogP contribution in [0, 0.1) is 0 Å². The second-order valence-corrected chi connectivity index (χ2v) is 11.0. The fourth-order valence-corrected chi connectivity index (χ4v) is 5.84. The molecule has 4 aromatic rings. The van der Waals surface area contributed by atoms with Gasteiger partial charge in [-0.1, -0.05) is 55.4 Å². The lowest BCUT2D eigenvalue weighted by Crippen LogP contribution is -2.11. The third-order valence-corrected chi connectivity index (χ3v) is 8.13. The molecule has 0 saturated heterocycles. The van der Waals surface area contributed by atoms with E-state index in [0.29, 0.717) is 0 Å². The van der Waals surface area contributed by atoms with Gasteiger partial charge < -0.3 is 5.32 Å². The molecule has 1 N–H and O–H groups in total. The van der Waals surface area contributed by atoms with Gasteiger partial charge in [-0.05, 0) is 141 Å². The lowest BCUT2D eigenvalue weighted by Gasteiger charge is -2.16. The van der Waals surface area contributed by atoms with Gasteiger partial charge in [0.2, 0.25) is 0 Å². The molecule has 0 amide bonds. The van der Waals surface area contributed by atoms with E-state index in [1.54, 1.807) is 6.33 Å². The highest BCUT2D eigenvalue weighted by atomic mass is 14.9. The molecule has 0 radical (unpaired) electrons. The second kappa shape index (κ2) is 28.4. The van der Waals surface area contributed by atoms with Crippen molar-refractivity contribution < 1.29 is 0 Å². The second-order valence-electron chi connectivity index (χ2n) is 11.0. The molecule has 5 heterocycles. The summed E-state index contributed by atoms with van der Waals surface area (Å²) in [6.45, 7) is 17.1. The fraction of sp³-hybridized carbons (Fsp3) is 0.548. The molecule has 0 fully saturated rings. The highest BCUT2D eigenvalue weighted by Gasteiger charge is 2.09. The predicted molar refractivity (Wildman–Crippen MR) is 207 cm³/mol. The minimum Gasteiger partial charge on any atom is -0.385 e. The van der Waals surface area contributed by atoms with E-state index in [4.69, 9.17) is 0 Å².